The molecule has 1 atom stereocenters. The lowest BCUT2D eigenvalue weighted by Gasteiger charge is -2.32. The van der Waals surface area contributed by atoms with E-state index in [0.717, 1.165) is 32.2 Å². The van der Waals surface area contributed by atoms with Crippen molar-refractivity contribution < 1.29 is 14.0 Å². The second-order valence-corrected chi connectivity index (χ2v) is 5.57. The highest BCUT2D eigenvalue weighted by molar-refractivity contribution is 6.01. The van der Waals surface area contributed by atoms with Crippen LogP contribution in [-0.4, -0.2) is 29.2 Å². The number of aryl methyl sites for hydroxylation is 1. The maximum absolute atomic E-state index is 12.5. The van der Waals surface area contributed by atoms with E-state index in [-0.39, 0.29) is 17.7 Å². The van der Waals surface area contributed by atoms with E-state index in [1.165, 1.54) is 6.42 Å². The molecule has 1 aliphatic carbocycles. The molecule has 0 aromatic carbocycles. The van der Waals surface area contributed by atoms with Crippen molar-refractivity contribution in [2.24, 2.45) is 0 Å². The average molecular weight is 261 g/mol. The minimum absolute atomic E-state index is 0.0607. The molecule has 4 nitrogen and oxygen atoms in total. The average Bonchev–Trinajstić information content (AvgIpc) is 2.84. The predicted octanol–water partition coefficient (Wildman–Crippen LogP) is 2.81. The van der Waals surface area contributed by atoms with Crippen molar-refractivity contribution in [1.29, 1.82) is 0 Å². The number of nitrogens with zero attached hydrogens (tertiary/aromatic N) is 1. The summed E-state index contributed by atoms with van der Waals surface area (Å²) >= 11 is 0. The minimum Gasteiger partial charge on any atom is -0.455 e. The molecule has 2 aliphatic rings. The number of Topliss-reactive ketones (excluding diaryl/α,β-unsaturated/α-hetero) is 1. The van der Waals surface area contributed by atoms with Crippen molar-refractivity contribution in [2.75, 3.05) is 6.54 Å². The fourth-order valence-corrected chi connectivity index (χ4v) is 3.04. The summed E-state index contributed by atoms with van der Waals surface area (Å²) in [5.74, 6) is 1.09. The second-order valence-electron chi connectivity index (χ2n) is 5.57. The zero-order chi connectivity index (χ0) is 13.4. The summed E-state index contributed by atoms with van der Waals surface area (Å²) < 4.78 is 5.63. The Kier molecular flexibility index (Phi) is 3.17. The van der Waals surface area contributed by atoms with Crippen LogP contribution in [-0.2, 0) is 6.42 Å². The van der Waals surface area contributed by atoms with Crippen molar-refractivity contribution in [3.05, 3.63) is 23.2 Å². The van der Waals surface area contributed by atoms with E-state index in [4.69, 9.17) is 4.42 Å². The molecule has 1 fully saturated rings. The lowest BCUT2D eigenvalue weighted by atomic mass is 9.97. The zero-order valence-electron chi connectivity index (χ0n) is 11.3. The largest absolute Gasteiger partial charge is 0.455 e. The van der Waals surface area contributed by atoms with Gasteiger partial charge in [0, 0.05) is 31.5 Å². The van der Waals surface area contributed by atoms with Crippen LogP contribution in [0.3, 0.4) is 0 Å². The van der Waals surface area contributed by atoms with Gasteiger partial charge in [-0.1, -0.05) is 0 Å². The van der Waals surface area contributed by atoms with Crippen LogP contribution in [0.2, 0.25) is 0 Å². The summed E-state index contributed by atoms with van der Waals surface area (Å²) in [5, 5.41) is 0. The minimum atomic E-state index is -0.0607. The summed E-state index contributed by atoms with van der Waals surface area (Å²) in [6.45, 7) is 2.87. The van der Waals surface area contributed by atoms with Crippen LogP contribution in [0, 0.1) is 0 Å². The van der Waals surface area contributed by atoms with Gasteiger partial charge in [0.25, 0.3) is 5.91 Å². The van der Waals surface area contributed by atoms with E-state index in [2.05, 4.69) is 6.92 Å². The first kappa shape index (κ1) is 12.5. The standard InChI is InChI=1S/C15H19NO3/c1-10-5-2-3-8-16(10)15(18)14-9-11-12(17)6-4-7-13(11)19-14/h9-10H,2-8H2,1H3. The number of likely N-dealkylation sites (tertiary alicyclic amines) is 1. The van der Waals surface area contributed by atoms with Crippen molar-refractivity contribution in [3.63, 3.8) is 0 Å². The molecule has 19 heavy (non-hydrogen) atoms. The fraction of sp³-hybridized carbons (Fsp3) is 0.600. The van der Waals surface area contributed by atoms with Gasteiger partial charge in [-0.2, -0.15) is 0 Å². The van der Waals surface area contributed by atoms with Gasteiger partial charge < -0.3 is 9.32 Å². The Morgan fingerprint density at radius 2 is 2.16 bits per heavy atom. The number of rotatable bonds is 1. The van der Waals surface area contributed by atoms with Crippen molar-refractivity contribution in [3.8, 4) is 0 Å². The zero-order valence-corrected chi connectivity index (χ0v) is 11.3. The number of ketones is 1. The van der Waals surface area contributed by atoms with Crippen LogP contribution in [0.1, 0.15) is 65.7 Å². The van der Waals surface area contributed by atoms with Gasteiger partial charge in [-0.3, -0.25) is 9.59 Å². The number of carbonyl (C=O) groups is 2. The number of fused-ring (bicyclic) bond motifs is 1. The SMILES string of the molecule is CC1CCCCN1C(=O)c1cc2c(o1)CCCC2=O. The molecule has 0 spiro atoms. The molecular weight excluding hydrogens is 242 g/mol. The quantitative estimate of drug-likeness (QED) is 0.781. The number of hydrogen-bond acceptors (Lipinski definition) is 3. The van der Waals surface area contributed by atoms with E-state index < -0.39 is 0 Å². The summed E-state index contributed by atoms with van der Waals surface area (Å²) in [6, 6.07) is 1.92. The molecule has 1 aromatic rings. The molecule has 1 unspecified atom stereocenters. The first-order valence-electron chi connectivity index (χ1n) is 7.13. The Morgan fingerprint density at radius 1 is 1.32 bits per heavy atom. The normalized spacial score (nSPS) is 23.3. The molecule has 1 aliphatic heterocycles. The van der Waals surface area contributed by atoms with E-state index >= 15 is 0 Å². The molecular formula is C15H19NO3. The number of piperidine rings is 1. The van der Waals surface area contributed by atoms with Crippen LogP contribution in [0.15, 0.2) is 10.5 Å². The molecule has 4 heteroatoms. The van der Waals surface area contributed by atoms with Crippen LogP contribution in [0.5, 0.6) is 0 Å². The van der Waals surface area contributed by atoms with Crippen molar-refractivity contribution in [1.82, 2.24) is 4.90 Å². The molecule has 0 radical (unpaired) electrons. The Bertz CT molecular complexity index is 517. The van der Waals surface area contributed by atoms with Crippen LogP contribution in [0.4, 0.5) is 0 Å². The lowest BCUT2D eigenvalue weighted by Crippen LogP contribution is -2.41. The van der Waals surface area contributed by atoms with Gasteiger partial charge in [0.15, 0.2) is 11.5 Å². The van der Waals surface area contributed by atoms with Gasteiger partial charge in [0.1, 0.15) is 5.76 Å². The number of amides is 1. The fourth-order valence-electron chi connectivity index (χ4n) is 3.04. The highest BCUT2D eigenvalue weighted by atomic mass is 16.4. The maximum atomic E-state index is 12.5. The third-order valence-electron chi connectivity index (χ3n) is 4.19. The molecule has 0 bridgehead atoms. The monoisotopic (exact) mass is 261 g/mol. The van der Waals surface area contributed by atoms with Gasteiger partial charge in [0.05, 0.1) is 5.56 Å². The molecule has 1 aromatic heterocycles. The van der Waals surface area contributed by atoms with Crippen LogP contribution < -0.4 is 0 Å². The van der Waals surface area contributed by atoms with Gasteiger partial charge in [-0.25, -0.2) is 0 Å². The van der Waals surface area contributed by atoms with E-state index in [1.54, 1.807) is 6.07 Å². The first-order valence-corrected chi connectivity index (χ1v) is 7.13. The molecule has 1 saturated heterocycles. The summed E-state index contributed by atoms with van der Waals surface area (Å²) in [7, 11) is 0. The third-order valence-corrected chi connectivity index (χ3v) is 4.19. The molecule has 2 heterocycles. The van der Waals surface area contributed by atoms with Gasteiger partial charge >= 0.3 is 0 Å². The highest BCUT2D eigenvalue weighted by Crippen LogP contribution is 2.27. The summed E-state index contributed by atoms with van der Waals surface area (Å²) in [4.78, 5) is 26.1. The Labute approximate surface area is 112 Å². The summed E-state index contributed by atoms with van der Waals surface area (Å²) in [6.07, 6.45) is 5.44. The van der Waals surface area contributed by atoms with E-state index in [9.17, 15) is 9.59 Å². The molecule has 0 saturated carbocycles. The van der Waals surface area contributed by atoms with Gasteiger partial charge in [0.2, 0.25) is 0 Å². The lowest BCUT2D eigenvalue weighted by molar-refractivity contribution is 0.0600. The topological polar surface area (TPSA) is 50.5 Å². The predicted molar refractivity (Wildman–Crippen MR) is 70.3 cm³/mol. The smallest absolute Gasteiger partial charge is 0.289 e. The van der Waals surface area contributed by atoms with Crippen LogP contribution >= 0.6 is 0 Å². The summed E-state index contributed by atoms with van der Waals surface area (Å²) in [5.41, 5.74) is 0.624. The Hall–Kier alpha value is -1.58. The van der Waals surface area contributed by atoms with Crippen molar-refractivity contribution >= 4 is 11.7 Å². The Morgan fingerprint density at radius 3 is 2.89 bits per heavy atom. The molecule has 0 N–H and O–H groups in total. The van der Waals surface area contributed by atoms with Crippen LogP contribution in [0.25, 0.3) is 0 Å². The maximum Gasteiger partial charge on any atom is 0.289 e. The number of furan rings is 1. The second kappa shape index (κ2) is 4.83. The van der Waals surface area contributed by atoms with E-state index in [0.29, 0.717) is 23.5 Å². The van der Waals surface area contributed by atoms with Gasteiger partial charge in [-0.05, 0) is 32.6 Å². The molecule has 3 rings (SSSR count). The molecule has 102 valence electrons. The number of carbonyl (C=O) groups excluding carboxylic acids is 2. The Balaban J connectivity index is 1.86. The van der Waals surface area contributed by atoms with E-state index in [1.807, 2.05) is 4.90 Å². The van der Waals surface area contributed by atoms with Crippen molar-refractivity contribution in [2.45, 2.75) is 51.5 Å². The van der Waals surface area contributed by atoms with Gasteiger partial charge in [-0.15, -0.1) is 0 Å². The first-order chi connectivity index (χ1) is 9.16. The highest BCUT2D eigenvalue weighted by Gasteiger charge is 2.29. The number of hydrogen-bond donors (Lipinski definition) is 0. The third kappa shape index (κ3) is 2.20. The molecule has 1 amide bonds.